The Morgan fingerprint density at radius 2 is 0.789 bits per heavy atom. The second-order valence-electron chi connectivity index (χ2n) is 13.9. The van der Waals surface area contributed by atoms with E-state index < -0.39 is 0 Å². The zero-order valence-electron chi connectivity index (χ0n) is 30.7. The van der Waals surface area contributed by atoms with E-state index in [1.165, 1.54) is 11.1 Å². The van der Waals surface area contributed by atoms with Crippen LogP contribution in [0.1, 0.15) is 5.56 Å². The molecule has 10 aromatic rings. The predicted molar refractivity (Wildman–Crippen MR) is 230 cm³/mol. The summed E-state index contributed by atoms with van der Waals surface area (Å²) in [5.74, 6) is 1.66. The van der Waals surface area contributed by atoms with Crippen LogP contribution in [-0.2, 0) is 0 Å². The monoisotopic (exact) mass is 728 g/mol. The van der Waals surface area contributed by atoms with Gasteiger partial charge in [-0.3, -0.25) is 0 Å². The van der Waals surface area contributed by atoms with E-state index in [2.05, 4.69) is 109 Å². The van der Waals surface area contributed by atoms with Crippen LogP contribution in [0.4, 0.5) is 0 Å². The van der Waals surface area contributed by atoms with E-state index in [1.807, 2.05) is 91.0 Å². The molecule has 5 heteroatoms. The lowest BCUT2D eigenvalue weighted by molar-refractivity contribution is 0.669. The first-order valence-corrected chi connectivity index (χ1v) is 18.8. The van der Waals surface area contributed by atoms with Crippen molar-refractivity contribution in [1.82, 2.24) is 15.0 Å². The van der Waals surface area contributed by atoms with Gasteiger partial charge in [0, 0.05) is 27.5 Å². The minimum absolute atomic E-state index is 0.542. The largest absolute Gasteiger partial charge is 0.456 e. The summed E-state index contributed by atoms with van der Waals surface area (Å²) >= 11 is 0. The van der Waals surface area contributed by atoms with Crippen molar-refractivity contribution in [1.29, 1.82) is 5.26 Å². The summed E-state index contributed by atoms with van der Waals surface area (Å²) in [7, 11) is 0. The quantitative estimate of drug-likeness (QED) is 0.163. The molecule has 266 valence electrons. The highest BCUT2D eigenvalue weighted by molar-refractivity contribution is 6.13. The van der Waals surface area contributed by atoms with Gasteiger partial charge in [-0.1, -0.05) is 170 Å². The average molecular weight is 729 g/mol. The third-order valence-corrected chi connectivity index (χ3v) is 10.4. The van der Waals surface area contributed by atoms with Crippen LogP contribution < -0.4 is 0 Å². The fraction of sp³-hybridized carbons (Fsp3) is 0. The Kier molecular flexibility index (Phi) is 8.48. The summed E-state index contributed by atoms with van der Waals surface area (Å²) < 4.78 is 6.53. The molecule has 0 spiro atoms. The minimum atomic E-state index is 0.542. The maximum atomic E-state index is 9.71. The molecule has 0 amide bonds. The van der Waals surface area contributed by atoms with Gasteiger partial charge in [0.25, 0.3) is 0 Å². The van der Waals surface area contributed by atoms with Crippen LogP contribution in [-0.4, -0.2) is 15.0 Å². The molecular formula is C52H32N4O. The number of aromatic nitrogens is 3. The second-order valence-corrected chi connectivity index (χ2v) is 13.9. The van der Waals surface area contributed by atoms with Gasteiger partial charge in [-0.05, 0) is 68.8 Å². The predicted octanol–water partition coefficient (Wildman–Crippen LogP) is 13.3. The number of hydrogen-bond acceptors (Lipinski definition) is 5. The average Bonchev–Trinajstić information content (AvgIpc) is 3.68. The van der Waals surface area contributed by atoms with Gasteiger partial charge in [-0.2, -0.15) is 5.26 Å². The van der Waals surface area contributed by atoms with Crippen LogP contribution in [0.5, 0.6) is 0 Å². The van der Waals surface area contributed by atoms with E-state index >= 15 is 0 Å². The van der Waals surface area contributed by atoms with E-state index in [-0.39, 0.29) is 0 Å². The molecule has 0 bridgehead atoms. The lowest BCUT2D eigenvalue weighted by Crippen LogP contribution is -2.00. The van der Waals surface area contributed by atoms with Crippen molar-refractivity contribution in [3.05, 3.63) is 200 Å². The Balaban J connectivity index is 1.06. The lowest BCUT2D eigenvalue weighted by Gasteiger charge is -2.10. The Labute approximate surface area is 329 Å². The van der Waals surface area contributed by atoms with E-state index in [0.29, 0.717) is 23.0 Å². The maximum absolute atomic E-state index is 9.71. The number of fused-ring (bicyclic) bond motifs is 3. The number of furan rings is 1. The highest BCUT2D eigenvalue weighted by Crippen LogP contribution is 2.39. The number of hydrogen-bond donors (Lipinski definition) is 0. The first-order valence-electron chi connectivity index (χ1n) is 18.8. The van der Waals surface area contributed by atoms with Crippen LogP contribution in [0.15, 0.2) is 199 Å². The normalized spacial score (nSPS) is 11.1. The first-order chi connectivity index (χ1) is 28.2. The fourth-order valence-electron chi connectivity index (χ4n) is 7.52. The topological polar surface area (TPSA) is 75.6 Å². The van der Waals surface area contributed by atoms with Crippen LogP contribution in [0, 0.1) is 11.3 Å². The summed E-state index contributed by atoms with van der Waals surface area (Å²) in [4.78, 5) is 15.1. The lowest BCUT2D eigenvalue weighted by atomic mass is 9.96. The number of nitriles is 1. The summed E-state index contributed by atoms with van der Waals surface area (Å²) in [6.07, 6.45) is 0. The highest BCUT2D eigenvalue weighted by Gasteiger charge is 2.17. The van der Waals surface area contributed by atoms with Crippen molar-refractivity contribution in [2.45, 2.75) is 0 Å². The molecule has 0 N–H and O–H groups in total. The number of nitrogens with zero attached hydrogens (tertiary/aromatic N) is 4. The molecule has 0 aliphatic rings. The van der Waals surface area contributed by atoms with E-state index in [0.717, 1.165) is 72.0 Å². The Hall–Kier alpha value is -7.94. The van der Waals surface area contributed by atoms with Gasteiger partial charge >= 0.3 is 0 Å². The van der Waals surface area contributed by atoms with E-state index in [9.17, 15) is 5.26 Å². The molecule has 8 aromatic carbocycles. The van der Waals surface area contributed by atoms with Crippen molar-refractivity contribution in [3.63, 3.8) is 0 Å². The minimum Gasteiger partial charge on any atom is -0.456 e. The van der Waals surface area contributed by atoms with E-state index in [1.54, 1.807) is 0 Å². The summed E-state index contributed by atoms with van der Waals surface area (Å²) in [5.41, 5.74) is 13.4. The van der Waals surface area contributed by atoms with Crippen molar-refractivity contribution in [2.24, 2.45) is 0 Å². The van der Waals surface area contributed by atoms with E-state index in [4.69, 9.17) is 19.4 Å². The maximum Gasteiger partial charge on any atom is 0.164 e. The molecule has 57 heavy (non-hydrogen) atoms. The van der Waals surface area contributed by atoms with Gasteiger partial charge in [0.15, 0.2) is 17.5 Å². The first kappa shape index (κ1) is 33.6. The molecule has 0 saturated carbocycles. The highest BCUT2D eigenvalue weighted by atomic mass is 16.3. The Morgan fingerprint density at radius 1 is 0.351 bits per heavy atom. The van der Waals surface area contributed by atoms with Crippen molar-refractivity contribution < 1.29 is 4.42 Å². The molecule has 5 nitrogen and oxygen atoms in total. The molecule has 0 aliphatic carbocycles. The number of rotatable bonds is 7. The van der Waals surface area contributed by atoms with Crippen molar-refractivity contribution in [3.8, 4) is 84.7 Å². The molecule has 2 aromatic heterocycles. The van der Waals surface area contributed by atoms with Gasteiger partial charge in [0.05, 0.1) is 11.6 Å². The van der Waals surface area contributed by atoms with Gasteiger partial charge in [0.1, 0.15) is 11.2 Å². The molecule has 0 unspecified atom stereocenters. The van der Waals surface area contributed by atoms with Gasteiger partial charge < -0.3 is 4.42 Å². The molecule has 2 heterocycles. The molecular weight excluding hydrogens is 697 g/mol. The molecule has 0 atom stereocenters. The van der Waals surface area contributed by atoms with Gasteiger partial charge in [-0.25, -0.2) is 15.0 Å². The van der Waals surface area contributed by atoms with Gasteiger partial charge in [0.2, 0.25) is 0 Å². The fourth-order valence-corrected chi connectivity index (χ4v) is 7.52. The van der Waals surface area contributed by atoms with Crippen molar-refractivity contribution >= 4 is 21.9 Å². The molecule has 0 radical (unpaired) electrons. The smallest absolute Gasteiger partial charge is 0.164 e. The summed E-state index contributed by atoms with van der Waals surface area (Å²) in [5, 5.41) is 11.8. The van der Waals surface area contributed by atoms with Gasteiger partial charge in [-0.15, -0.1) is 0 Å². The Bertz CT molecular complexity index is 3090. The zero-order chi connectivity index (χ0) is 38.1. The summed E-state index contributed by atoms with van der Waals surface area (Å²) in [6, 6.07) is 68.1. The molecule has 0 saturated heterocycles. The summed E-state index contributed by atoms with van der Waals surface area (Å²) in [6.45, 7) is 0. The third-order valence-electron chi connectivity index (χ3n) is 10.4. The second kappa shape index (κ2) is 14.4. The zero-order valence-corrected chi connectivity index (χ0v) is 30.7. The Morgan fingerprint density at radius 3 is 1.37 bits per heavy atom. The molecule has 0 aliphatic heterocycles. The third kappa shape index (κ3) is 6.42. The van der Waals surface area contributed by atoms with Crippen LogP contribution in [0.3, 0.4) is 0 Å². The van der Waals surface area contributed by atoms with Crippen LogP contribution >= 0.6 is 0 Å². The van der Waals surface area contributed by atoms with Crippen LogP contribution in [0.2, 0.25) is 0 Å². The van der Waals surface area contributed by atoms with Crippen molar-refractivity contribution in [2.75, 3.05) is 0 Å². The number of benzene rings is 8. The van der Waals surface area contributed by atoms with Crippen LogP contribution in [0.25, 0.3) is 101 Å². The molecule has 10 rings (SSSR count). The SMILES string of the molecule is N#Cc1ccccc1-c1ccc(-c2nc(-c3ccc(-c4ccccc4)cc3)nc(-c3ccc4c(c3)oc3cccc(-c5ccc(-c6ccccc6)cc5)c34)n2)cc1. The standard InChI is InChI=1S/C52H32N4O/c53-33-43-14-7-8-15-44(43)38-24-28-41(29-25-38)51-54-50(40-26-20-37(21-27-40)35-12-5-2-6-13-35)55-52(56-51)42-30-31-46-48(32-42)57-47-17-9-16-45(49(46)47)39-22-18-36(19-23-39)34-10-3-1-4-11-34/h1-32H. The molecule has 0 fully saturated rings.